The van der Waals surface area contributed by atoms with Gasteiger partial charge in [0, 0.05) is 45.2 Å². The molecule has 0 aromatic carbocycles. The minimum atomic E-state index is 0.200. The summed E-state index contributed by atoms with van der Waals surface area (Å²) in [7, 11) is 0. The number of carbonyl (C=O) groups excluding carboxylic acids is 1. The minimum Gasteiger partial charge on any atom is -0.449 e. The molecule has 0 spiro atoms. The molecule has 138 valence electrons. The Morgan fingerprint density at radius 1 is 1.24 bits per heavy atom. The van der Waals surface area contributed by atoms with Crippen LogP contribution in [0.2, 0.25) is 0 Å². The maximum absolute atomic E-state index is 12.4. The fourth-order valence-corrected chi connectivity index (χ4v) is 4.25. The number of hydrogen-bond acceptors (Lipinski definition) is 5. The van der Waals surface area contributed by atoms with E-state index in [1.807, 2.05) is 6.92 Å². The Morgan fingerprint density at radius 3 is 2.72 bits per heavy atom. The Morgan fingerprint density at radius 2 is 2.04 bits per heavy atom. The van der Waals surface area contributed by atoms with Gasteiger partial charge in [-0.05, 0) is 45.1 Å². The van der Waals surface area contributed by atoms with E-state index in [2.05, 4.69) is 20.1 Å². The van der Waals surface area contributed by atoms with Gasteiger partial charge >= 0.3 is 0 Å². The summed E-state index contributed by atoms with van der Waals surface area (Å²) in [5, 5.41) is 3.19. The first-order valence-electron chi connectivity index (χ1n) is 9.85. The molecule has 0 radical (unpaired) electrons. The monoisotopic (exact) mass is 346 g/mol. The highest BCUT2D eigenvalue weighted by molar-refractivity contribution is 5.79. The summed E-state index contributed by atoms with van der Waals surface area (Å²) in [4.78, 5) is 21.8. The maximum atomic E-state index is 12.4. The number of oxazole rings is 1. The molecular formula is C19H30N4O2. The Kier molecular flexibility index (Phi) is 5.08. The molecular weight excluding hydrogens is 316 g/mol. The molecule has 4 rings (SSSR count). The van der Waals surface area contributed by atoms with Crippen molar-refractivity contribution in [3.63, 3.8) is 0 Å². The van der Waals surface area contributed by atoms with Crippen molar-refractivity contribution in [3.05, 3.63) is 17.8 Å². The number of rotatable bonds is 5. The molecule has 6 heteroatoms. The van der Waals surface area contributed by atoms with Crippen molar-refractivity contribution >= 4 is 5.91 Å². The molecule has 1 aliphatic carbocycles. The van der Waals surface area contributed by atoms with E-state index in [0.29, 0.717) is 18.0 Å². The van der Waals surface area contributed by atoms with Gasteiger partial charge in [0.15, 0.2) is 5.89 Å². The largest absolute Gasteiger partial charge is 0.449 e. The molecule has 1 atom stereocenters. The second kappa shape index (κ2) is 7.46. The lowest BCUT2D eigenvalue weighted by molar-refractivity contribution is -0.127. The highest BCUT2D eigenvalue weighted by Gasteiger charge is 2.33. The number of piperidine rings is 2. The summed E-state index contributed by atoms with van der Waals surface area (Å²) in [6.07, 6.45) is 8.70. The molecule has 1 N–H and O–H groups in total. The Labute approximate surface area is 149 Å². The van der Waals surface area contributed by atoms with Crippen LogP contribution >= 0.6 is 0 Å². The predicted octanol–water partition coefficient (Wildman–Crippen LogP) is 1.94. The van der Waals surface area contributed by atoms with Crippen LogP contribution in [0, 0.1) is 12.8 Å². The second-order valence-corrected chi connectivity index (χ2v) is 7.98. The third-order valence-corrected chi connectivity index (χ3v) is 5.87. The van der Waals surface area contributed by atoms with Crippen LogP contribution in [0.1, 0.15) is 50.1 Å². The summed E-state index contributed by atoms with van der Waals surface area (Å²) in [6, 6.07) is 1.11. The number of aryl methyl sites for hydroxylation is 1. The zero-order chi connectivity index (χ0) is 17.2. The zero-order valence-corrected chi connectivity index (χ0v) is 15.2. The van der Waals surface area contributed by atoms with Gasteiger partial charge in [-0.1, -0.05) is 0 Å². The molecule has 1 saturated carbocycles. The van der Waals surface area contributed by atoms with Gasteiger partial charge in [-0.3, -0.25) is 14.6 Å². The van der Waals surface area contributed by atoms with Crippen LogP contribution < -0.4 is 5.32 Å². The number of hydrogen-bond donors (Lipinski definition) is 1. The highest BCUT2D eigenvalue weighted by Crippen LogP contribution is 2.26. The Hall–Kier alpha value is -1.40. The third-order valence-electron chi connectivity index (χ3n) is 5.87. The number of amides is 1. The van der Waals surface area contributed by atoms with Crippen LogP contribution in [0.3, 0.4) is 0 Å². The van der Waals surface area contributed by atoms with E-state index in [1.165, 1.54) is 25.7 Å². The van der Waals surface area contributed by atoms with Crippen molar-refractivity contribution in [1.82, 2.24) is 20.1 Å². The van der Waals surface area contributed by atoms with Gasteiger partial charge in [-0.2, -0.15) is 0 Å². The fraction of sp³-hybridized carbons (Fsp3) is 0.789. The smallest absolute Gasteiger partial charge is 0.224 e. The quantitative estimate of drug-likeness (QED) is 0.883. The fourth-order valence-electron chi connectivity index (χ4n) is 4.25. The standard InChI is InChI=1S/C19H30N4O2/c1-14-20-17(13-25-14)12-22-9-6-18(7-10-22)23-8-2-3-15(11-23)19(24)21-16-4-5-16/h13,15-16,18H,2-12H2,1H3,(H,21,24). The topological polar surface area (TPSA) is 61.6 Å². The maximum Gasteiger partial charge on any atom is 0.224 e. The first kappa shape index (κ1) is 17.0. The number of nitrogens with one attached hydrogen (secondary N) is 1. The van der Waals surface area contributed by atoms with Gasteiger partial charge in [0.05, 0.1) is 11.6 Å². The molecule has 2 saturated heterocycles. The molecule has 3 aliphatic rings. The SMILES string of the molecule is Cc1nc(CN2CCC(N3CCCC(C(=O)NC4CC4)C3)CC2)co1. The molecule has 25 heavy (non-hydrogen) atoms. The van der Waals surface area contributed by atoms with Crippen molar-refractivity contribution in [1.29, 1.82) is 0 Å². The summed E-state index contributed by atoms with van der Waals surface area (Å²) in [5.41, 5.74) is 1.03. The van der Waals surface area contributed by atoms with E-state index < -0.39 is 0 Å². The average molecular weight is 346 g/mol. The van der Waals surface area contributed by atoms with E-state index in [0.717, 1.165) is 57.2 Å². The number of likely N-dealkylation sites (tertiary alicyclic amines) is 2. The highest BCUT2D eigenvalue weighted by atomic mass is 16.3. The van der Waals surface area contributed by atoms with Gasteiger partial charge < -0.3 is 9.73 Å². The van der Waals surface area contributed by atoms with Gasteiger partial charge in [-0.15, -0.1) is 0 Å². The summed E-state index contributed by atoms with van der Waals surface area (Å²) in [6.45, 7) is 7.09. The van der Waals surface area contributed by atoms with Crippen molar-refractivity contribution < 1.29 is 9.21 Å². The second-order valence-electron chi connectivity index (χ2n) is 7.98. The van der Waals surface area contributed by atoms with Gasteiger partial charge in [0.25, 0.3) is 0 Å². The van der Waals surface area contributed by atoms with Crippen LogP contribution in [0.5, 0.6) is 0 Å². The van der Waals surface area contributed by atoms with E-state index in [9.17, 15) is 4.79 Å². The van der Waals surface area contributed by atoms with Crippen LogP contribution in [0.25, 0.3) is 0 Å². The van der Waals surface area contributed by atoms with Crippen molar-refractivity contribution in [3.8, 4) is 0 Å². The van der Waals surface area contributed by atoms with Gasteiger partial charge in [-0.25, -0.2) is 4.98 Å². The normalized spacial score (nSPS) is 26.7. The van der Waals surface area contributed by atoms with Crippen LogP contribution in [-0.4, -0.2) is 59.0 Å². The number of aromatic nitrogens is 1. The van der Waals surface area contributed by atoms with E-state index in [4.69, 9.17) is 4.42 Å². The predicted molar refractivity (Wildman–Crippen MR) is 95.0 cm³/mol. The van der Waals surface area contributed by atoms with Gasteiger partial charge in [0.2, 0.25) is 5.91 Å². The molecule has 1 unspecified atom stereocenters. The molecule has 6 nitrogen and oxygen atoms in total. The lowest BCUT2D eigenvalue weighted by Crippen LogP contribution is -2.50. The Bertz CT molecular complexity index is 590. The minimum absolute atomic E-state index is 0.200. The van der Waals surface area contributed by atoms with Crippen molar-refractivity contribution in [2.75, 3.05) is 26.2 Å². The molecule has 1 amide bonds. The molecule has 3 fully saturated rings. The van der Waals surface area contributed by atoms with Crippen molar-refractivity contribution in [2.24, 2.45) is 5.92 Å². The van der Waals surface area contributed by atoms with E-state index in [1.54, 1.807) is 6.26 Å². The summed E-state index contributed by atoms with van der Waals surface area (Å²) in [5.74, 6) is 1.24. The van der Waals surface area contributed by atoms with Crippen LogP contribution in [0.4, 0.5) is 0 Å². The number of nitrogens with zero attached hydrogens (tertiary/aromatic N) is 3. The van der Waals surface area contributed by atoms with Crippen LogP contribution in [0.15, 0.2) is 10.7 Å². The van der Waals surface area contributed by atoms with E-state index >= 15 is 0 Å². The first-order chi connectivity index (χ1) is 12.2. The average Bonchev–Trinajstić information content (AvgIpc) is 3.35. The van der Waals surface area contributed by atoms with Crippen LogP contribution in [-0.2, 0) is 11.3 Å². The zero-order valence-electron chi connectivity index (χ0n) is 15.2. The van der Waals surface area contributed by atoms with Crippen molar-refractivity contribution in [2.45, 2.75) is 64.1 Å². The lowest BCUT2D eigenvalue weighted by Gasteiger charge is -2.42. The molecule has 1 aromatic rings. The summed E-state index contributed by atoms with van der Waals surface area (Å²) >= 11 is 0. The molecule has 1 aromatic heterocycles. The summed E-state index contributed by atoms with van der Waals surface area (Å²) < 4.78 is 5.30. The molecule has 2 aliphatic heterocycles. The first-order valence-corrected chi connectivity index (χ1v) is 9.85. The lowest BCUT2D eigenvalue weighted by atomic mass is 9.93. The molecule has 0 bridgehead atoms. The van der Waals surface area contributed by atoms with E-state index in [-0.39, 0.29) is 5.92 Å². The van der Waals surface area contributed by atoms with Gasteiger partial charge in [0.1, 0.15) is 6.26 Å². The number of carbonyl (C=O) groups is 1. The third kappa shape index (κ3) is 4.42. The Balaban J connectivity index is 1.24. The molecule has 3 heterocycles.